The lowest BCUT2D eigenvalue weighted by atomic mass is 10.2. The average molecular weight is 301 g/mol. The van der Waals surface area contributed by atoms with E-state index in [1.807, 2.05) is 6.92 Å². The molecule has 2 atom stereocenters. The number of hydrogen-bond acceptors (Lipinski definition) is 5. The Bertz CT molecular complexity index is 565. The number of hydrogen-bond donors (Lipinski definition) is 1. The van der Waals surface area contributed by atoms with Crippen LogP contribution in [0.15, 0.2) is 17.0 Å². The van der Waals surface area contributed by atoms with E-state index in [2.05, 4.69) is 0 Å². The van der Waals surface area contributed by atoms with Crippen LogP contribution in [0.3, 0.4) is 0 Å². The predicted octanol–water partition coefficient (Wildman–Crippen LogP) is 2.70. The normalized spacial score (nSPS) is 21.9. The molecule has 1 heterocycles. The van der Waals surface area contributed by atoms with Gasteiger partial charge in [0.15, 0.2) is 0 Å². The zero-order valence-corrected chi connectivity index (χ0v) is 11.4. The topological polar surface area (TPSA) is 89.7 Å². The van der Waals surface area contributed by atoms with Gasteiger partial charge in [0.2, 0.25) is 0 Å². The number of thioether (sulfide) groups is 1. The van der Waals surface area contributed by atoms with E-state index in [0.717, 1.165) is 23.9 Å². The quantitative estimate of drug-likeness (QED) is 0.679. The highest BCUT2D eigenvalue weighted by Gasteiger charge is 2.29. The molecular weight excluding hydrogens is 289 g/mol. The molecule has 0 bridgehead atoms. The maximum absolute atomic E-state index is 13.7. The highest BCUT2D eigenvalue weighted by atomic mass is 32.2. The van der Waals surface area contributed by atoms with Crippen molar-refractivity contribution in [3.8, 4) is 0 Å². The summed E-state index contributed by atoms with van der Waals surface area (Å²) < 4.78 is 19.0. The molecule has 0 amide bonds. The Morgan fingerprint density at radius 1 is 1.60 bits per heavy atom. The van der Waals surface area contributed by atoms with Gasteiger partial charge in [-0.2, -0.15) is 0 Å². The smallest absolute Gasteiger partial charge is 0.338 e. The number of nitrogens with zero attached hydrogens (tertiary/aromatic N) is 1. The van der Waals surface area contributed by atoms with E-state index in [9.17, 15) is 19.3 Å². The van der Waals surface area contributed by atoms with Gasteiger partial charge in [-0.15, -0.1) is 11.8 Å². The molecule has 2 unspecified atom stereocenters. The van der Waals surface area contributed by atoms with Crippen LogP contribution in [0.4, 0.5) is 10.1 Å². The number of ether oxygens (including phenoxy) is 1. The largest absolute Gasteiger partial charge is 0.478 e. The van der Waals surface area contributed by atoms with Crippen molar-refractivity contribution in [2.75, 3.05) is 6.61 Å². The number of aromatic carboxylic acids is 1. The van der Waals surface area contributed by atoms with Crippen molar-refractivity contribution in [2.45, 2.75) is 29.6 Å². The van der Waals surface area contributed by atoms with Gasteiger partial charge in [0.05, 0.1) is 15.9 Å². The lowest BCUT2D eigenvalue weighted by Crippen LogP contribution is -2.13. The van der Waals surface area contributed by atoms with Crippen LogP contribution in [0.2, 0.25) is 0 Å². The molecule has 0 aliphatic carbocycles. The molecule has 6 nitrogen and oxygen atoms in total. The first kappa shape index (κ1) is 14.7. The van der Waals surface area contributed by atoms with Crippen LogP contribution in [0, 0.1) is 15.9 Å². The van der Waals surface area contributed by atoms with Gasteiger partial charge in [0.1, 0.15) is 11.4 Å². The molecular formula is C12H12FNO5S. The monoisotopic (exact) mass is 301 g/mol. The molecule has 0 aromatic heterocycles. The number of carboxylic acids is 1. The minimum absolute atomic E-state index is 0.0104. The third-order valence-corrected chi connectivity index (χ3v) is 4.56. The Kier molecular flexibility index (Phi) is 4.24. The van der Waals surface area contributed by atoms with Crippen LogP contribution in [0.1, 0.15) is 23.7 Å². The molecule has 1 aliphatic heterocycles. The van der Waals surface area contributed by atoms with Gasteiger partial charge < -0.3 is 9.84 Å². The molecule has 2 rings (SSSR count). The lowest BCUT2D eigenvalue weighted by molar-refractivity contribution is -0.387. The molecule has 1 aliphatic rings. The molecule has 108 valence electrons. The summed E-state index contributed by atoms with van der Waals surface area (Å²) in [6.07, 6.45) is 0.632. The van der Waals surface area contributed by atoms with Crippen molar-refractivity contribution in [1.82, 2.24) is 0 Å². The summed E-state index contributed by atoms with van der Waals surface area (Å²) in [5, 5.41) is 19.8. The van der Waals surface area contributed by atoms with E-state index in [4.69, 9.17) is 9.84 Å². The van der Waals surface area contributed by atoms with Crippen LogP contribution in [-0.4, -0.2) is 34.0 Å². The van der Waals surface area contributed by atoms with Gasteiger partial charge in [-0.1, -0.05) is 0 Å². The maximum atomic E-state index is 13.7. The van der Waals surface area contributed by atoms with E-state index in [0.29, 0.717) is 13.0 Å². The van der Waals surface area contributed by atoms with Crippen molar-refractivity contribution >= 4 is 23.4 Å². The predicted molar refractivity (Wildman–Crippen MR) is 69.7 cm³/mol. The fraction of sp³-hybridized carbons (Fsp3) is 0.417. The summed E-state index contributed by atoms with van der Waals surface area (Å²) in [5.74, 6) is -2.50. The van der Waals surface area contributed by atoms with Crippen molar-refractivity contribution in [3.05, 3.63) is 33.6 Å². The number of benzene rings is 1. The number of nitro benzene ring substituents is 1. The number of rotatable bonds is 4. The van der Waals surface area contributed by atoms with Crippen LogP contribution < -0.4 is 0 Å². The van der Waals surface area contributed by atoms with Gasteiger partial charge in [-0.3, -0.25) is 10.1 Å². The van der Waals surface area contributed by atoms with E-state index in [1.54, 1.807) is 0 Å². The highest BCUT2D eigenvalue weighted by Crippen LogP contribution is 2.38. The van der Waals surface area contributed by atoms with Crippen molar-refractivity contribution < 1.29 is 24.0 Å². The van der Waals surface area contributed by atoms with Gasteiger partial charge in [-0.05, 0) is 19.4 Å². The second kappa shape index (κ2) is 5.76. The fourth-order valence-corrected chi connectivity index (χ4v) is 3.21. The molecule has 1 aromatic rings. The van der Waals surface area contributed by atoms with E-state index >= 15 is 0 Å². The zero-order chi connectivity index (χ0) is 14.9. The van der Waals surface area contributed by atoms with Crippen molar-refractivity contribution in [3.63, 3.8) is 0 Å². The Morgan fingerprint density at radius 3 is 2.80 bits per heavy atom. The van der Waals surface area contributed by atoms with Gasteiger partial charge in [0.25, 0.3) is 5.69 Å². The summed E-state index contributed by atoms with van der Waals surface area (Å²) in [4.78, 5) is 21.2. The van der Waals surface area contributed by atoms with E-state index in [1.165, 1.54) is 0 Å². The van der Waals surface area contributed by atoms with E-state index in [-0.39, 0.29) is 16.2 Å². The summed E-state index contributed by atoms with van der Waals surface area (Å²) >= 11 is 1.15. The molecule has 8 heteroatoms. The average Bonchev–Trinajstić information content (AvgIpc) is 2.74. The lowest BCUT2D eigenvalue weighted by Gasteiger charge is -2.13. The Hall–Kier alpha value is -1.67. The minimum atomic E-state index is -1.53. The highest BCUT2D eigenvalue weighted by molar-refractivity contribution is 8.00. The first-order valence-corrected chi connectivity index (χ1v) is 6.77. The third kappa shape index (κ3) is 2.91. The summed E-state index contributed by atoms with van der Waals surface area (Å²) in [5.41, 5.74) is -1.09. The molecule has 0 radical (unpaired) electrons. The summed E-state index contributed by atoms with van der Waals surface area (Å²) in [7, 11) is 0. The van der Waals surface area contributed by atoms with Crippen LogP contribution in [0.25, 0.3) is 0 Å². The van der Waals surface area contributed by atoms with E-state index < -0.39 is 28.0 Å². The molecule has 0 spiro atoms. The zero-order valence-electron chi connectivity index (χ0n) is 10.5. The number of halogens is 1. The molecule has 0 saturated carbocycles. The van der Waals surface area contributed by atoms with Gasteiger partial charge in [0, 0.05) is 17.9 Å². The molecule has 1 aromatic carbocycles. The van der Waals surface area contributed by atoms with Crippen LogP contribution in [0.5, 0.6) is 0 Å². The molecule has 1 fully saturated rings. The van der Waals surface area contributed by atoms with Gasteiger partial charge in [-0.25, -0.2) is 9.18 Å². The van der Waals surface area contributed by atoms with Gasteiger partial charge >= 0.3 is 5.97 Å². The Labute approximate surface area is 118 Å². The van der Waals surface area contributed by atoms with Crippen LogP contribution >= 0.6 is 11.8 Å². The summed E-state index contributed by atoms with van der Waals surface area (Å²) in [6, 6.07) is 1.68. The van der Waals surface area contributed by atoms with Crippen LogP contribution in [-0.2, 0) is 4.74 Å². The molecule has 1 N–H and O–H groups in total. The molecule has 20 heavy (non-hydrogen) atoms. The Morgan fingerprint density at radius 2 is 2.30 bits per heavy atom. The summed E-state index contributed by atoms with van der Waals surface area (Å²) in [6.45, 7) is 2.40. The Balaban J connectivity index is 2.38. The second-order valence-corrected chi connectivity index (χ2v) is 5.66. The third-order valence-electron chi connectivity index (χ3n) is 3.06. The fourth-order valence-electron chi connectivity index (χ4n) is 1.97. The number of nitro groups is 1. The van der Waals surface area contributed by atoms with Crippen molar-refractivity contribution in [1.29, 1.82) is 0 Å². The first-order valence-electron chi connectivity index (χ1n) is 5.89. The SMILES string of the molecule is CC1OCCC1Sc1cc(F)c(C(=O)O)cc1[N+](=O)[O-]. The minimum Gasteiger partial charge on any atom is -0.478 e. The molecule has 1 saturated heterocycles. The number of carbonyl (C=O) groups is 1. The first-order chi connectivity index (χ1) is 9.40. The standard InChI is InChI=1S/C12H12FNO5S/c1-6-10(2-3-19-6)20-11-5-8(13)7(12(15)16)4-9(11)14(17)18/h4-6,10H,2-3H2,1H3,(H,15,16). The number of carboxylic acid groups (broad SMARTS) is 1. The van der Waals surface area contributed by atoms with Crippen molar-refractivity contribution in [2.24, 2.45) is 0 Å². The maximum Gasteiger partial charge on any atom is 0.338 e. The second-order valence-electron chi connectivity index (χ2n) is 4.38.